The zero-order valence-corrected chi connectivity index (χ0v) is 16.2. The molecule has 27 heavy (non-hydrogen) atoms. The molecule has 3 rings (SSSR count). The van der Waals surface area contributed by atoms with Gasteiger partial charge in [0, 0.05) is 6.07 Å². The van der Waals surface area contributed by atoms with Gasteiger partial charge in [-0.2, -0.15) is 0 Å². The van der Waals surface area contributed by atoms with Gasteiger partial charge in [-0.25, -0.2) is 4.98 Å². The largest absolute Gasteiger partial charge is 0.324 e. The summed E-state index contributed by atoms with van der Waals surface area (Å²) in [5.41, 5.74) is 2.75. The van der Waals surface area contributed by atoms with Crippen LogP contribution < -0.4 is 10.2 Å². The number of amides is 1. The Morgan fingerprint density at radius 3 is 2.70 bits per heavy atom. The third-order valence-corrected chi connectivity index (χ3v) is 5.46. The molecule has 1 unspecified atom stereocenters. The molecule has 1 atom stereocenters. The third-order valence-electron chi connectivity index (χ3n) is 4.43. The number of quaternary nitrogens is 1. The molecule has 7 nitrogen and oxygen atoms in total. The lowest BCUT2D eigenvalue weighted by atomic mass is 10.1. The first kappa shape index (κ1) is 18.9. The van der Waals surface area contributed by atoms with Crippen LogP contribution in [0, 0.1) is 24.0 Å². The molecule has 1 heterocycles. The van der Waals surface area contributed by atoms with Gasteiger partial charge in [0.2, 0.25) is 0 Å². The Morgan fingerprint density at radius 2 is 2.00 bits per heavy atom. The van der Waals surface area contributed by atoms with Gasteiger partial charge in [0.25, 0.3) is 11.6 Å². The summed E-state index contributed by atoms with van der Waals surface area (Å²) in [6.45, 7) is 4.44. The number of carbonyl (C=O) groups excluding carboxylic acids is 1. The predicted octanol–water partition coefficient (Wildman–Crippen LogP) is 2.47. The van der Waals surface area contributed by atoms with Gasteiger partial charge >= 0.3 is 0 Å². The number of aromatic nitrogens is 1. The third kappa shape index (κ3) is 4.29. The van der Waals surface area contributed by atoms with Crippen molar-refractivity contribution in [1.29, 1.82) is 0 Å². The van der Waals surface area contributed by atoms with Gasteiger partial charge in [0.1, 0.15) is 17.2 Å². The summed E-state index contributed by atoms with van der Waals surface area (Å²) in [4.78, 5) is 28.8. The summed E-state index contributed by atoms with van der Waals surface area (Å²) in [5, 5.41) is 14.9. The van der Waals surface area contributed by atoms with E-state index < -0.39 is 4.92 Å². The summed E-state index contributed by atoms with van der Waals surface area (Å²) >= 11 is 1.61. The van der Waals surface area contributed by atoms with E-state index in [1.165, 1.54) is 6.07 Å². The van der Waals surface area contributed by atoms with Gasteiger partial charge in [-0.3, -0.25) is 14.9 Å². The van der Waals surface area contributed by atoms with Gasteiger partial charge in [-0.05, 0) is 37.1 Å². The maximum absolute atomic E-state index is 12.5. The number of hydrogen-bond donors (Lipinski definition) is 2. The van der Waals surface area contributed by atoms with Crippen LogP contribution in [-0.4, -0.2) is 29.4 Å². The fourth-order valence-electron chi connectivity index (χ4n) is 2.89. The Hall–Kier alpha value is -2.84. The van der Waals surface area contributed by atoms with Crippen molar-refractivity contribution in [3.05, 3.63) is 62.6 Å². The molecule has 0 aliphatic rings. The quantitative estimate of drug-likeness (QED) is 0.504. The number of nitro benzene ring substituents is 1. The van der Waals surface area contributed by atoms with Gasteiger partial charge < -0.3 is 10.2 Å². The number of carbonyl (C=O) groups is 1. The van der Waals surface area contributed by atoms with E-state index in [9.17, 15) is 14.9 Å². The summed E-state index contributed by atoms with van der Waals surface area (Å²) in [6, 6.07) is 11.0. The number of aryl methyl sites for hydroxylation is 1. The zero-order chi connectivity index (χ0) is 19.6. The summed E-state index contributed by atoms with van der Waals surface area (Å²) in [6.07, 6.45) is 0. The van der Waals surface area contributed by atoms with E-state index in [-0.39, 0.29) is 23.8 Å². The van der Waals surface area contributed by atoms with E-state index in [1.54, 1.807) is 24.3 Å². The van der Waals surface area contributed by atoms with Crippen molar-refractivity contribution in [2.24, 2.45) is 0 Å². The molecule has 2 aromatic carbocycles. The van der Waals surface area contributed by atoms with Crippen LogP contribution in [0.4, 0.5) is 11.4 Å². The molecule has 0 radical (unpaired) electrons. The van der Waals surface area contributed by atoms with Crippen molar-refractivity contribution in [3.63, 3.8) is 0 Å². The smallest absolute Gasteiger partial charge is 0.293 e. The molecule has 0 fully saturated rings. The van der Waals surface area contributed by atoms with Gasteiger partial charge in [-0.15, -0.1) is 11.3 Å². The minimum atomic E-state index is -0.472. The Morgan fingerprint density at radius 1 is 1.26 bits per heavy atom. The summed E-state index contributed by atoms with van der Waals surface area (Å²) in [5.74, 6) is -0.259. The molecule has 0 aliphatic heterocycles. The number of hydrogen-bond acceptors (Lipinski definition) is 5. The van der Waals surface area contributed by atoms with E-state index in [0.29, 0.717) is 12.1 Å². The SMILES string of the molecule is Cc1ccc([N+](=O)[O-])c(NC(=O)C[NH+](C)Cc2nc3ccccc3s2)c1C. The number of rotatable bonds is 6. The van der Waals surface area contributed by atoms with Gasteiger partial charge in [0.15, 0.2) is 6.54 Å². The lowest BCUT2D eigenvalue weighted by molar-refractivity contribution is -0.885. The Balaban J connectivity index is 1.68. The van der Waals surface area contributed by atoms with Crippen LogP contribution in [0.1, 0.15) is 16.1 Å². The molecule has 0 spiro atoms. The van der Waals surface area contributed by atoms with Crippen LogP contribution in [0.5, 0.6) is 0 Å². The summed E-state index contributed by atoms with van der Waals surface area (Å²) < 4.78 is 1.12. The van der Waals surface area contributed by atoms with Crippen LogP contribution in [-0.2, 0) is 11.3 Å². The van der Waals surface area contributed by atoms with Crippen molar-refractivity contribution in [1.82, 2.24) is 4.98 Å². The van der Waals surface area contributed by atoms with Crippen molar-refractivity contribution in [2.75, 3.05) is 18.9 Å². The summed E-state index contributed by atoms with van der Waals surface area (Å²) in [7, 11) is 1.91. The highest BCUT2D eigenvalue weighted by molar-refractivity contribution is 7.18. The number of nitrogens with zero attached hydrogens (tertiary/aromatic N) is 2. The molecule has 0 bridgehead atoms. The van der Waals surface area contributed by atoms with Gasteiger partial charge in [0.05, 0.1) is 22.2 Å². The van der Waals surface area contributed by atoms with Crippen molar-refractivity contribution in [3.8, 4) is 0 Å². The molecule has 3 aromatic rings. The van der Waals surface area contributed by atoms with Crippen molar-refractivity contribution < 1.29 is 14.6 Å². The monoisotopic (exact) mass is 385 g/mol. The Labute approximate surface area is 160 Å². The number of anilines is 1. The minimum Gasteiger partial charge on any atom is -0.324 e. The van der Waals surface area contributed by atoms with Crippen LogP contribution in [0.25, 0.3) is 10.2 Å². The molecule has 1 amide bonds. The lowest BCUT2D eigenvalue weighted by Crippen LogP contribution is -3.08. The lowest BCUT2D eigenvalue weighted by Gasteiger charge is -2.14. The van der Waals surface area contributed by atoms with E-state index in [1.807, 2.05) is 38.2 Å². The van der Waals surface area contributed by atoms with E-state index >= 15 is 0 Å². The second kappa shape index (κ2) is 7.81. The second-order valence-corrected chi connectivity index (χ2v) is 7.71. The number of nitro groups is 1. The fourth-order valence-corrected chi connectivity index (χ4v) is 3.97. The first-order chi connectivity index (χ1) is 12.8. The van der Waals surface area contributed by atoms with E-state index in [2.05, 4.69) is 10.3 Å². The number of nitrogens with one attached hydrogen (secondary N) is 2. The van der Waals surface area contributed by atoms with Crippen LogP contribution >= 0.6 is 11.3 Å². The highest BCUT2D eigenvalue weighted by Gasteiger charge is 2.21. The highest BCUT2D eigenvalue weighted by Crippen LogP contribution is 2.30. The van der Waals surface area contributed by atoms with Crippen LogP contribution in [0.15, 0.2) is 36.4 Å². The van der Waals surface area contributed by atoms with Gasteiger partial charge in [-0.1, -0.05) is 18.2 Å². The molecule has 140 valence electrons. The average molecular weight is 385 g/mol. The number of fused-ring (bicyclic) bond motifs is 1. The Bertz CT molecular complexity index is 982. The first-order valence-electron chi connectivity index (χ1n) is 8.55. The molecule has 1 aromatic heterocycles. The number of likely N-dealkylation sites (N-methyl/N-ethyl adjacent to an activating group) is 1. The normalized spacial score (nSPS) is 12.1. The number of benzene rings is 2. The van der Waals surface area contributed by atoms with E-state index in [4.69, 9.17) is 0 Å². The molecular formula is C19H21N4O3S+. The molecule has 0 saturated carbocycles. The maximum atomic E-state index is 12.5. The predicted molar refractivity (Wildman–Crippen MR) is 106 cm³/mol. The number of para-hydroxylation sites is 1. The molecule has 2 N–H and O–H groups in total. The molecular weight excluding hydrogens is 364 g/mol. The van der Waals surface area contributed by atoms with Crippen molar-refractivity contribution in [2.45, 2.75) is 20.4 Å². The zero-order valence-electron chi connectivity index (χ0n) is 15.4. The standard InChI is InChI=1S/C19H20N4O3S/c1-12-8-9-15(23(25)26)19(13(12)2)21-17(24)10-22(3)11-18-20-14-6-4-5-7-16(14)27-18/h4-9H,10-11H2,1-3H3,(H,21,24)/p+1. The van der Waals surface area contributed by atoms with Crippen molar-refractivity contribution >= 4 is 38.8 Å². The average Bonchev–Trinajstić information content (AvgIpc) is 3.00. The molecule has 0 aliphatic carbocycles. The van der Waals surface area contributed by atoms with Crippen LogP contribution in [0.3, 0.4) is 0 Å². The number of thiazole rings is 1. The fraction of sp³-hybridized carbons (Fsp3) is 0.263. The highest BCUT2D eigenvalue weighted by atomic mass is 32.1. The van der Waals surface area contributed by atoms with Crippen LogP contribution in [0.2, 0.25) is 0 Å². The molecule has 8 heteroatoms. The topological polar surface area (TPSA) is 89.6 Å². The second-order valence-electron chi connectivity index (χ2n) is 6.59. The maximum Gasteiger partial charge on any atom is 0.293 e. The minimum absolute atomic E-state index is 0.0877. The first-order valence-corrected chi connectivity index (χ1v) is 9.37. The molecule has 0 saturated heterocycles. The van der Waals surface area contributed by atoms with E-state index in [0.717, 1.165) is 25.7 Å². The Kier molecular flexibility index (Phi) is 5.48.